The predicted octanol–water partition coefficient (Wildman–Crippen LogP) is 4.63. The van der Waals surface area contributed by atoms with Crippen molar-refractivity contribution in [3.05, 3.63) is 66.4 Å². The van der Waals surface area contributed by atoms with Crippen LogP contribution in [0.3, 0.4) is 0 Å². The molecule has 2 heterocycles. The molecule has 1 aromatic heterocycles. The lowest BCUT2D eigenvalue weighted by Gasteiger charge is -2.34. The van der Waals surface area contributed by atoms with Crippen molar-refractivity contribution in [1.82, 2.24) is 9.88 Å². The van der Waals surface area contributed by atoms with Crippen molar-refractivity contribution < 1.29 is 9.21 Å². The van der Waals surface area contributed by atoms with Crippen LogP contribution in [0.1, 0.15) is 30.1 Å². The van der Waals surface area contributed by atoms with Crippen molar-refractivity contribution in [3.63, 3.8) is 0 Å². The van der Waals surface area contributed by atoms with Crippen LogP contribution in [0.2, 0.25) is 0 Å². The average Bonchev–Trinajstić information content (AvgIpc) is 3.24. The van der Waals surface area contributed by atoms with Crippen molar-refractivity contribution >= 4 is 18.3 Å². The lowest BCUT2D eigenvalue weighted by atomic mass is 9.90. The molecule has 2 N–H and O–H groups in total. The number of rotatable bonds is 4. The number of nitrogens with zero attached hydrogens (tertiary/aromatic N) is 2. The van der Waals surface area contributed by atoms with Gasteiger partial charge in [0, 0.05) is 30.3 Å². The summed E-state index contributed by atoms with van der Waals surface area (Å²) in [6, 6.07) is 17.5. The zero-order valence-corrected chi connectivity index (χ0v) is 17.3. The molecule has 4 rings (SSSR count). The van der Waals surface area contributed by atoms with Gasteiger partial charge in [-0.15, -0.1) is 12.4 Å². The Morgan fingerprint density at radius 1 is 1.10 bits per heavy atom. The Balaban J connectivity index is 0.00000240. The Morgan fingerprint density at radius 2 is 1.76 bits per heavy atom. The minimum atomic E-state index is 0. The van der Waals surface area contributed by atoms with Gasteiger partial charge in [-0.3, -0.25) is 4.79 Å². The smallest absolute Gasteiger partial charge is 0.254 e. The van der Waals surface area contributed by atoms with Crippen LogP contribution in [-0.4, -0.2) is 34.9 Å². The maximum absolute atomic E-state index is 13.2. The molecule has 0 spiro atoms. The van der Waals surface area contributed by atoms with Crippen molar-refractivity contribution in [2.24, 2.45) is 11.7 Å². The van der Waals surface area contributed by atoms with Crippen LogP contribution in [0.15, 0.2) is 65.2 Å². The summed E-state index contributed by atoms with van der Waals surface area (Å²) in [5.74, 6) is 1.67. The molecule has 29 heavy (non-hydrogen) atoms. The third kappa shape index (κ3) is 4.52. The number of hydrogen-bond donors (Lipinski definition) is 1. The van der Waals surface area contributed by atoms with Gasteiger partial charge in [0.15, 0.2) is 5.76 Å². The molecular formula is C23H26ClN3O2. The molecule has 152 valence electrons. The monoisotopic (exact) mass is 411 g/mol. The third-order valence-electron chi connectivity index (χ3n) is 5.52. The maximum atomic E-state index is 13.2. The lowest BCUT2D eigenvalue weighted by molar-refractivity contribution is 0.0681. The minimum Gasteiger partial charge on any atom is -0.436 e. The first-order valence-electron chi connectivity index (χ1n) is 9.79. The summed E-state index contributed by atoms with van der Waals surface area (Å²) in [6.07, 6.45) is 3.60. The Hall–Kier alpha value is -2.63. The molecule has 0 saturated carbocycles. The normalized spacial score (nSPS) is 15.6. The van der Waals surface area contributed by atoms with E-state index in [9.17, 15) is 4.79 Å². The Kier molecular flexibility index (Phi) is 6.72. The quantitative estimate of drug-likeness (QED) is 0.679. The van der Waals surface area contributed by atoms with E-state index in [0.717, 1.165) is 37.1 Å². The first-order chi connectivity index (χ1) is 13.6. The molecule has 5 nitrogen and oxygen atoms in total. The number of carbonyl (C=O) groups is 1. The molecular weight excluding hydrogens is 386 g/mol. The van der Waals surface area contributed by atoms with Gasteiger partial charge >= 0.3 is 0 Å². The van der Waals surface area contributed by atoms with Gasteiger partial charge in [0.05, 0.1) is 11.8 Å². The topological polar surface area (TPSA) is 72.4 Å². The van der Waals surface area contributed by atoms with E-state index >= 15 is 0 Å². The van der Waals surface area contributed by atoms with Gasteiger partial charge < -0.3 is 15.1 Å². The van der Waals surface area contributed by atoms with Gasteiger partial charge in [-0.25, -0.2) is 4.98 Å². The van der Waals surface area contributed by atoms with Gasteiger partial charge in [-0.1, -0.05) is 42.5 Å². The highest BCUT2D eigenvalue weighted by Crippen LogP contribution is 2.29. The highest BCUT2D eigenvalue weighted by atomic mass is 35.5. The predicted molar refractivity (Wildman–Crippen MR) is 117 cm³/mol. The van der Waals surface area contributed by atoms with E-state index in [1.165, 1.54) is 0 Å². The van der Waals surface area contributed by atoms with Gasteiger partial charge in [0.25, 0.3) is 5.91 Å². The van der Waals surface area contributed by atoms with Gasteiger partial charge in [0.1, 0.15) is 0 Å². The minimum absolute atomic E-state index is 0. The van der Waals surface area contributed by atoms with Crippen LogP contribution in [0.5, 0.6) is 0 Å². The summed E-state index contributed by atoms with van der Waals surface area (Å²) in [6.45, 7) is 3.52. The van der Waals surface area contributed by atoms with Crippen LogP contribution in [0.25, 0.3) is 22.8 Å². The van der Waals surface area contributed by atoms with E-state index in [1.807, 2.05) is 66.4 Å². The van der Waals surface area contributed by atoms with E-state index in [1.54, 1.807) is 6.20 Å². The van der Waals surface area contributed by atoms with Crippen LogP contribution >= 0.6 is 12.4 Å². The summed E-state index contributed by atoms with van der Waals surface area (Å²) in [5.41, 5.74) is 8.34. The molecule has 1 amide bonds. The average molecular weight is 412 g/mol. The number of carbonyl (C=O) groups excluding carboxylic acids is 1. The molecule has 1 aliphatic rings. The summed E-state index contributed by atoms with van der Waals surface area (Å²) >= 11 is 0. The van der Waals surface area contributed by atoms with Crippen molar-refractivity contribution in [2.45, 2.75) is 25.8 Å². The number of halogens is 1. The molecule has 0 bridgehead atoms. The van der Waals surface area contributed by atoms with Crippen molar-refractivity contribution in [3.8, 4) is 22.8 Å². The molecule has 1 aliphatic heterocycles. The van der Waals surface area contributed by atoms with Crippen molar-refractivity contribution in [1.29, 1.82) is 0 Å². The van der Waals surface area contributed by atoms with Crippen LogP contribution < -0.4 is 5.73 Å². The highest BCUT2D eigenvalue weighted by molar-refractivity contribution is 6.00. The number of aromatic nitrogens is 1. The van der Waals surface area contributed by atoms with Crippen LogP contribution in [0, 0.1) is 5.92 Å². The Morgan fingerprint density at radius 3 is 2.45 bits per heavy atom. The molecule has 1 saturated heterocycles. The summed E-state index contributed by atoms with van der Waals surface area (Å²) in [7, 11) is 0. The molecule has 0 radical (unpaired) electrons. The van der Waals surface area contributed by atoms with E-state index in [2.05, 4.69) is 4.98 Å². The summed E-state index contributed by atoms with van der Waals surface area (Å²) in [5, 5.41) is 0. The molecule has 3 aromatic rings. The Labute approximate surface area is 177 Å². The number of amides is 1. The fraction of sp³-hybridized carbons (Fsp3) is 0.304. The summed E-state index contributed by atoms with van der Waals surface area (Å²) < 4.78 is 5.98. The zero-order valence-electron chi connectivity index (χ0n) is 16.5. The van der Waals surface area contributed by atoms with Crippen LogP contribution in [0.4, 0.5) is 0 Å². The van der Waals surface area contributed by atoms with E-state index in [4.69, 9.17) is 10.2 Å². The van der Waals surface area contributed by atoms with Crippen LogP contribution in [-0.2, 0) is 0 Å². The number of hydrogen-bond acceptors (Lipinski definition) is 4. The standard InChI is InChI=1S/C23H25N3O2.ClH/c1-16(24)17-11-13-26(14-12-17)23(27)20-10-6-5-9-19(20)22-25-15-21(28-22)18-7-3-2-4-8-18;/h2-10,15-17H,11-14,24H2,1H3;1H. The second kappa shape index (κ2) is 9.25. The largest absolute Gasteiger partial charge is 0.436 e. The number of nitrogens with two attached hydrogens (primary N) is 1. The lowest BCUT2D eigenvalue weighted by Crippen LogP contribution is -2.42. The molecule has 1 fully saturated rings. The second-order valence-electron chi connectivity index (χ2n) is 7.43. The Bertz CT molecular complexity index is 948. The fourth-order valence-corrected chi connectivity index (χ4v) is 3.79. The van der Waals surface area contributed by atoms with Gasteiger partial charge in [0.2, 0.25) is 5.89 Å². The molecule has 1 unspecified atom stereocenters. The highest BCUT2D eigenvalue weighted by Gasteiger charge is 2.27. The SMILES string of the molecule is CC(N)C1CCN(C(=O)c2ccccc2-c2ncc(-c3ccccc3)o2)CC1.Cl. The molecule has 0 aliphatic carbocycles. The molecule has 1 atom stereocenters. The van der Waals surface area contributed by atoms with E-state index < -0.39 is 0 Å². The number of piperidine rings is 1. The zero-order chi connectivity index (χ0) is 19.5. The van der Waals surface area contributed by atoms with Gasteiger partial charge in [-0.05, 0) is 37.8 Å². The van der Waals surface area contributed by atoms with Gasteiger partial charge in [-0.2, -0.15) is 0 Å². The first kappa shape index (κ1) is 21.1. The fourth-order valence-electron chi connectivity index (χ4n) is 3.79. The second-order valence-corrected chi connectivity index (χ2v) is 7.43. The van der Waals surface area contributed by atoms with Crippen molar-refractivity contribution in [2.75, 3.05) is 13.1 Å². The van der Waals surface area contributed by atoms with E-state index in [-0.39, 0.29) is 24.4 Å². The molecule has 6 heteroatoms. The number of oxazole rings is 1. The number of benzene rings is 2. The maximum Gasteiger partial charge on any atom is 0.254 e. The number of likely N-dealkylation sites (tertiary alicyclic amines) is 1. The third-order valence-corrected chi connectivity index (χ3v) is 5.52. The molecule has 2 aromatic carbocycles. The van der Waals surface area contributed by atoms with E-state index in [0.29, 0.717) is 23.1 Å². The first-order valence-corrected chi connectivity index (χ1v) is 9.79. The summed E-state index contributed by atoms with van der Waals surface area (Å²) in [4.78, 5) is 19.5.